The molecular formula is C22H25FN6O2. The molecule has 8 nitrogen and oxygen atoms in total. The molecule has 0 saturated heterocycles. The molecule has 3 aromatic rings. The van der Waals surface area contributed by atoms with Crippen LogP contribution >= 0.6 is 0 Å². The minimum absolute atomic E-state index is 0.0364. The molecule has 1 aromatic carbocycles. The third kappa shape index (κ3) is 4.22. The van der Waals surface area contributed by atoms with Crippen molar-refractivity contribution in [2.75, 3.05) is 17.7 Å². The van der Waals surface area contributed by atoms with Crippen molar-refractivity contribution in [2.24, 2.45) is 11.5 Å². The molecule has 2 atom stereocenters. The average molecular weight is 424 g/mol. The SMILES string of the molecule is COc1nccc2c(Nc3nc(NC4CCCCC4N)c(F)cc3C(N)=O)cccc12. The molecule has 0 spiro atoms. The molecule has 1 aliphatic carbocycles. The predicted octanol–water partition coefficient (Wildman–Crippen LogP) is 3.30. The largest absolute Gasteiger partial charge is 0.481 e. The van der Waals surface area contributed by atoms with Gasteiger partial charge in [0.15, 0.2) is 11.6 Å². The van der Waals surface area contributed by atoms with E-state index in [1.54, 1.807) is 13.3 Å². The number of aromatic nitrogens is 2. The number of amides is 1. The Balaban J connectivity index is 1.73. The zero-order chi connectivity index (χ0) is 22.0. The maximum absolute atomic E-state index is 14.7. The topological polar surface area (TPSA) is 128 Å². The normalized spacial score (nSPS) is 18.5. The molecule has 2 unspecified atom stereocenters. The molecule has 0 radical (unpaired) electrons. The summed E-state index contributed by atoms with van der Waals surface area (Å²) >= 11 is 0. The number of hydrogen-bond acceptors (Lipinski definition) is 7. The summed E-state index contributed by atoms with van der Waals surface area (Å²) in [5.41, 5.74) is 12.3. The Morgan fingerprint density at radius 3 is 2.74 bits per heavy atom. The molecule has 2 aromatic heterocycles. The second kappa shape index (κ2) is 8.73. The Labute approximate surface area is 179 Å². The van der Waals surface area contributed by atoms with Crippen LogP contribution in [0.3, 0.4) is 0 Å². The number of anilines is 3. The van der Waals surface area contributed by atoms with Crippen LogP contribution in [0, 0.1) is 5.82 Å². The molecule has 1 saturated carbocycles. The first kappa shape index (κ1) is 20.8. The van der Waals surface area contributed by atoms with Crippen LogP contribution in [0.25, 0.3) is 10.8 Å². The van der Waals surface area contributed by atoms with E-state index in [4.69, 9.17) is 16.2 Å². The molecule has 1 aliphatic rings. The lowest BCUT2D eigenvalue weighted by Gasteiger charge is -2.30. The van der Waals surface area contributed by atoms with E-state index in [9.17, 15) is 9.18 Å². The summed E-state index contributed by atoms with van der Waals surface area (Å²) in [5, 5.41) is 7.83. The Bertz CT molecular complexity index is 1120. The second-order valence-electron chi connectivity index (χ2n) is 7.62. The molecule has 31 heavy (non-hydrogen) atoms. The third-order valence-electron chi connectivity index (χ3n) is 5.60. The summed E-state index contributed by atoms with van der Waals surface area (Å²) in [6.45, 7) is 0. The maximum Gasteiger partial charge on any atom is 0.252 e. The number of carbonyl (C=O) groups excluding carboxylic acids is 1. The number of nitrogens with one attached hydrogen (secondary N) is 2. The Hall–Kier alpha value is -3.46. The van der Waals surface area contributed by atoms with Gasteiger partial charge < -0.3 is 26.8 Å². The first-order valence-electron chi connectivity index (χ1n) is 10.2. The standard InChI is InChI=1S/C22H25FN6O2/c1-31-22-13-5-4-8-17(12(13)9-10-26-22)27-20-14(19(25)30)11-15(23)21(29-20)28-18-7-3-2-6-16(18)24/h4-5,8-11,16,18H,2-3,6-7,24H2,1H3,(H2,25,30)(H2,27,28,29). The summed E-state index contributed by atoms with van der Waals surface area (Å²) in [5.74, 6) is -0.773. The van der Waals surface area contributed by atoms with E-state index in [2.05, 4.69) is 20.6 Å². The van der Waals surface area contributed by atoms with E-state index in [1.807, 2.05) is 24.3 Å². The lowest BCUT2D eigenvalue weighted by atomic mass is 9.91. The number of pyridine rings is 2. The molecule has 162 valence electrons. The van der Waals surface area contributed by atoms with Crippen molar-refractivity contribution in [3.63, 3.8) is 0 Å². The quantitative estimate of drug-likeness (QED) is 0.478. The number of nitrogens with two attached hydrogens (primary N) is 2. The zero-order valence-corrected chi connectivity index (χ0v) is 17.2. The lowest BCUT2D eigenvalue weighted by Crippen LogP contribution is -2.43. The van der Waals surface area contributed by atoms with Crippen molar-refractivity contribution in [2.45, 2.75) is 37.8 Å². The molecule has 2 heterocycles. The molecule has 6 N–H and O–H groups in total. The highest BCUT2D eigenvalue weighted by atomic mass is 19.1. The van der Waals surface area contributed by atoms with Crippen LogP contribution in [-0.2, 0) is 0 Å². The number of nitrogens with zero attached hydrogens (tertiary/aromatic N) is 2. The molecule has 9 heteroatoms. The molecule has 0 aliphatic heterocycles. The molecular weight excluding hydrogens is 399 g/mol. The minimum Gasteiger partial charge on any atom is -0.481 e. The van der Waals surface area contributed by atoms with Gasteiger partial charge in [-0.05, 0) is 37.1 Å². The highest BCUT2D eigenvalue weighted by molar-refractivity contribution is 6.02. The first-order chi connectivity index (χ1) is 15.0. The number of carbonyl (C=O) groups is 1. The van der Waals surface area contributed by atoms with Gasteiger partial charge in [0.25, 0.3) is 5.91 Å². The minimum atomic E-state index is -0.783. The van der Waals surface area contributed by atoms with Gasteiger partial charge >= 0.3 is 0 Å². The van der Waals surface area contributed by atoms with Gasteiger partial charge in [0.1, 0.15) is 5.82 Å². The van der Waals surface area contributed by atoms with Crippen LogP contribution in [0.2, 0.25) is 0 Å². The van der Waals surface area contributed by atoms with Crippen molar-refractivity contribution in [3.05, 3.63) is 47.9 Å². The predicted molar refractivity (Wildman–Crippen MR) is 118 cm³/mol. The highest BCUT2D eigenvalue weighted by Gasteiger charge is 2.24. The summed E-state index contributed by atoms with van der Waals surface area (Å²) in [4.78, 5) is 20.6. The zero-order valence-electron chi connectivity index (χ0n) is 17.2. The van der Waals surface area contributed by atoms with Crippen LogP contribution in [-0.4, -0.2) is 35.1 Å². The van der Waals surface area contributed by atoms with Crippen molar-refractivity contribution in [1.82, 2.24) is 9.97 Å². The Kier molecular flexibility index (Phi) is 5.85. The van der Waals surface area contributed by atoms with Crippen LogP contribution < -0.4 is 26.8 Å². The lowest BCUT2D eigenvalue weighted by molar-refractivity contribution is 0.100. The van der Waals surface area contributed by atoms with Crippen molar-refractivity contribution in [1.29, 1.82) is 0 Å². The number of methoxy groups -OCH3 is 1. The second-order valence-corrected chi connectivity index (χ2v) is 7.62. The monoisotopic (exact) mass is 424 g/mol. The van der Waals surface area contributed by atoms with Crippen LogP contribution in [0.5, 0.6) is 5.88 Å². The van der Waals surface area contributed by atoms with E-state index >= 15 is 0 Å². The summed E-state index contributed by atoms with van der Waals surface area (Å²) in [6, 6.07) is 8.26. The Morgan fingerprint density at radius 2 is 2.00 bits per heavy atom. The van der Waals surface area contributed by atoms with Gasteiger partial charge in [-0.2, -0.15) is 0 Å². The van der Waals surface area contributed by atoms with Gasteiger partial charge in [0, 0.05) is 34.7 Å². The van der Waals surface area contributed by atoms with Crippen molar-refractivity contribution in [3.8, 4) is 5.88 Å². The van der Waals surface area contributed by atoms with Crippen LogP contribution in [0.15, 0.2) is 36.5 Å². The maximum atomic E-state index is 14.7. The molecule has 1 fully saturated rings. The molecule has 0 bridgehead atoms. The average Bonchev–Trinajstić information content (AvgIpc) is 2.77. The number of ether oxygens (including phenoxy) is 1. The third-order valence-corrected chi connectivity index (χ3v) is 5.60. The number of rotatable bonds is 6. The summed E-state index contributed by atoms with van der Waals surface area (Å²) in [6.07, 6.45) is 5.40. The fourth-order valence-electron chi connectivity index (χ4n) is 3.97. The van der Waals surface area contributed by atoms with Gasteiger partial charge in [-0.3, -0.25) is 4.79 Å². The molecule has 1 amide bonds. The van der Waals surface area contributed by atoms with Crippen molar-refractivity contribution >= 4 is 34.0 Å². The fraction of sp³-hybridized carbons (Fsp3) is 0.318. The highest BCUT2D eigenvalue weighted by Crippen LogP contribution is 2.32. The summed E-state index contributed by atoms with van der Waals surface area (Å²) < 4.78 is 20.1. The number of fused-ring (bicyclic) bond motifs is 1. The van der Waals surface area contributed by atoms with Crippen molar-refractivity contribution < 1.29 is 13.9 Å². The number of halogens is 1. The number of primary amides is 1. The van der Waals surface area contributed by atoms with E-state index in [-0.39, 0.29) is 29.3 Å². The Morgan fingerprint density at radius 1 is 1.19 bits per heavy atom. The van der Waals surface area contributed by atoms with E-state index in [1.165, 1.54) is 0 Å². The number of hydrogen-bond donors (Lipinski definition) is 4. The first-order valence-corrected chi connectivity index (χ1v) is 10.2. The van der Waals surface area contributed by atoms with Gasteiger partial charge in [0.2, 0.25) is 5.88 Å². The van der Waals surface area contributed by atoms with Gasteiger partial charge in [0.05, 0.1) is 12.7 Å². The van der Waals surface area contributed by atoms with Gasteiger partial charge in [-0.25, -0.2) is 14.4 Å². The van der Waals surface area contributed by atoms with Crippen LogP contribution in [0.1, 0.15) is 36.0 Å². The van der Waals surface area contributed by atoms with E-state index in [0.29, 0.717) is 11.6 Å². The van der Waals surface area contributed by atoms with E-state index < -0.39 is 11.7 Å². The molecule has 4 rings (SSSR count). The fourth-order valence-corrected chi connectivity index (χ4v) is 3.97. The number of benzene rings is 1. The van der Waals surface area contributed by atoms with Gasteiger partial charge in [-0.15, -0.1) is 0 Å². The van der Waals surface area contributed by atoms with Gasteiger partial charge in [-0.1, -0.05) is 18.9 Å². The smallest absolute Gasteiger partial charge is 0.252 e. The summed E-state index contributed by atoms with van der Waals surface area (Å²) in [7, 11) is 1.54. The van der Waals surface area contributed by atoms with E-state index in [0.717, 1.165) is 42.5 Å². The van der Waals surface area contributed by atoms with Crippen LogP contribution in [0.4, 0.5) is 21.7 Å².